The van der Waals surface area contributed by atoms with Gasteiger partial charge < -0.3 is 15.5 Å². The van der Waals surface area contributed by atoms with E-state index < -0.39 is 0 Å². The average molecular weight is 366 g/mol. The number of carbonyl (C=O) groups excluding carboxylic acids is 2. The number of hydrogen-bond donors (Lipinski definition) is 3. The fourth-order valence-corrected chi connectivity index (χ4v) is 3.52. The maximum Gasteiger partial charge on any atom is 0.275 e. The predicted octanol–water partition coefficient (Wildman–Crippen LogP) is 1.09. The second-order valence-corrected chi connectivity index (χ2v) is 7.25. The number of likely N-dealkylation sites (tertiary alicyclic amines) is 1. The third-order valence-electron chi connectivity index (χ3n) is 5.16. The van der Waals surface area contributed by atoms with Crippen molar-refractivity contribution in [3.8, 4) is 0 Å². The van der Waals surface area contributed by atoms with Crippen molar-refractivity contribution in [1.29, 1.82) is 0 Å². The highest BCUT2D eigenvalue weighted by Crippen LogP contribution is 2.08. The maximum atomic E-state index is 12.4. The van der Waals surface area contributed by atoms with Crippen LogP contribution in [0.25, 0.3) is 0 Å². The van der Waals surface area contributed by atoms with Crippen LogP contribution in [0.5, 0.6) is 0 Å². The van der Waals surface area contributed by atoms with Gasteiger partial charge in [-0.15, -0.1) is 0 Å². The van der Waals surface area contributed by atoms with E-state index in [4.69, 9.17) is 0 Å². The van der Waals surface area contributed by atoms with Crippen LogP contribution in [0.3, 0.4) is 0 Å². The molecule has 1 saturated heterocycles. The van der Waals surface area contributed by atoms with Crippen molar-refractivity contribution in [2.24, 2.45) is 0 Å². The van der Waals surface area contributed by atoms with Crippen LogP contribution < -0.4 is 15.5 Å². The molecule has 5 heteroatoms. The van der Waals surface area contributed by atoms with Gasteiger partial charge in [0.15, 0.2) is 6.54 Å². The van der Waals surface area contributed by atoms with Crippen molar-refractivity contribution >= 4 is 11.8 Å². The lowest BCUT2D eigenvalue weighted by Crippen LogP contribution is -3.14. The van der Waals surface area contributed by atoms with Crippen LogP contribution in [0.2, 0.25) is 0 Å². The van der Waals surface area contributed by atoms with Crippen LogP contribution in [0.4, 0.5) is 0 Å². The maximum absolute atomic E-state index is 12.4. The highest BCUT2D eigenvalue weighted by Gasteiger charge is 2.25. The molecule has 1 fully saturated rings. The standard InChI is InChI=1S/C22H27N3O2/c1-17-7-5-6-10-20(17)22(27)24-19-11-13-25(14-12-19)16-21(26)23-15-18-8-3-2-4-9-18/h2-10,19H,11-16H2,1H3,(H,23,26)(H,24,27)/p+1. The summed E-state index contributed by atoms with van der Waals surface area (Å²) in [5.41, 5.74) is 2.85. The van der Waals surface area contributed by atoms with Crippen LogP contribution >= 0.6 is 0 Å². The van der Waals surface area contributed by atoms with Gasteiger partial charge in [-0.05, 0) is 24.1 Å². The molecule has 27 heavy (non-hydrogen) atoms. The third kappa shape index (κ3) is 5.66. The Hall–Kier alpha value is -2.66. The van der Waals surface area contributed by atoms with Gasteiger partial charge in [0.05, 0.1) is 13.1 Å². The molecule has 0 unspecified atom stereocenters. The number of piperidine rings is 1. The van der Waals surface area contributed by atoms with Crippen molar-refractivity contribution in [3.63, 3.8) is 0 Å². The van der Waals surface area contributed by atoms with Gasteiger partial charge in [-0.3, -0.25) is 9.59 Å². The van der Waals surface area contributed by atoms with Gasteiger partial charge >= 0.3 is 0 Å². The summed E-state index contributed by atoms with van der Waals surface area (Å²) in [6, 6.07) is 17.8. The van der Waals surface area contributed by atoms with Gasteiger partial charge in [0.1, 0.15) is 0 Å². The molecule has 0 spiro atoms. The van der Waals surface area contributed by atoms with E-state index in [0.717, 1.165) is 42.6 Å². The molecular weight excluding hydrogens is 338 g/mol. The first kappa shape index (κ1) is 19.1. The van der Waals surface area contributed by atoms with E-state index in [-0.39, 0.29) is 17.9 Å². The molecule has 0 radical (unpaired) electrons. The summed E-state index contributed by atoms with van der Waals surface area (Å²) in [4.78, 5) is 25.9. The highest BCUT2D eigenvalue weighted by molar-refractivity contribution is 5.95. The Morgan fingerprint density at radius 3 is 2.37 bits per heavy atom. The Morgan fingerprint density at radius 1 is 1.00 bits per heavy atom. The van der Waals surface area contributed by atoms with Crippen molar-refractivity contribution in [2.75, 3.05) is 19.6 Å². The Kier molecular flexibility index (Phi) is 6.60. The van der Waals surface area contributed by atoms with E-state index in [2.05, 4.69) is 10.6 Å². The summed E-state index contributed by atoms with van der Waals surface area (Å²) >= 11 is 0. The lowest BCUT2D eigenvalue weighted by molar-refractivity contribution is -0.897. The first-order valence-electron chi connectivity index (χ1n) is 9.62. The van der Waals surface area contributed by atoms with E-state index >= 15 is 0 Å². The van der Waals surface area contributed by atoms with E-state index in [0.29, 0.717) is 13.1 Å². The van der Waals surface area contributed by atoms with Gasteiger partial charge in [0, 0.05) is 31.0 Å². The van der Waals surface area contributed by atoms with E-state index in [1.165, 1.54) is 4.90 Å². The SMILES string of the molecule is Cc1ccccc1C(=O)NC1CC[NH+](CC(=O)NCc2ccccc2)CC1. The molecule has 142 valence electrons. The van der Waals surface area contributed by atoms with Crippen LogP contribution in [0.15, 0.2) is 54.6 Å². The Balaban J connectivity index is 1.39. The molecule has 3 N–H and O–H groups in total. The minimum absolute atomic E-state index is 0.00199. The van der Waals surface area contributed by atoms with Gasteiger partial charge in [-0.25, -0.2) is 0 Å². The first-order chi connectivity index (χ1) is 13.1. The van der Waals surface area contributed by atoms with Crippen LogP contribution in [0.1, 0.15) is 34.3 Å². The summed E-state index contributed by atoms with van der Waals surface area (Å²) in [6.45, 7) is 4.82. The molecular formula is C22H28N3O2+. The number of benzene rings is 2. The second kappa shape index (κ2) is 9.33. The zero-order valence-corrected chi connectivity index (χ0v) is 15.8. The summed E-state index contributed by atoms with van der Waals surface area (Å²) in [5.74, 6) is 0.0819. The highest BCUT2D eigenvalue weighted by atomic mass is 16.2. The monoisotopic (exact) mass is 366 g/mol. The zero-order valence-electron chi connectivity index (χ0n) is 15.8. The Bertz CT molecular complexity index is 768. The number of quaternary nitrogens is 1. The molecule has 2 aromatic carbocycles. The summed E-state index contributed by atoms with van der Waals surface area (Å²) < 4.78 is 0. The fourth-order valence-electron chi connectivity index (χ4n) is 3.52. The number of rotatable bonds is 6. The number of carbonyl (C=O) groups is 2. The van der Waals surface area contributed by atoms with Crippen LogP contribution in [-0.4, -0.2) is 37.5 Å². The quantitative estimate of drug-likeness (QED) is 0.717. The molecule has 1 aliphatic rings. The summed E-state index contributed by atoms with van der Waals surface area (Å²) in [5, 5.41) is 6.13. The number of hydrogen-bond acceptors (Lipinski definition) is 2. The molecule has 0 saturated carbocycles. The fraction of sp³-hybridized carbons (Fsp3) is 0.364. The Morgan fingerprint density at radius 2 is 1.67 bits per heavy atom. The molecule has 0 aliphatic carbocycles. The van der Waals surface area contributed by atoms with E-state index in [9.17, 15) is 9.59 Å². The lowest BCUT2D eigenvalue weighted by atomic mass is 10.0. The minimum Gasteiger partial charge on any atom is -0.349 e. The Labute approximate surface area is 160 Å². The molecule has 5 nitrogen and oxygen atoms in total. The largest absolute Gasteiger partial charge is 0.349 e. The molecule has 2 aromatic rings. The normalized spacial score (nSPS) is 19.3. The average Bonchev–Trinajstić information content (AvgIpc) is 2.69. The number of amides is 2. The molecule has 0 aromatic heterocycles. The topological polar surface area (TPSA) is 62.6 Å². The predicted molar refractivity (Wildman–Crippen MR) is 106 cm³/mol. The van der Waals surface area contributed by atoms with Crippen LogP contribution in [-0.2, 0) is 11.3 Å². The van der Waals surface area contributed by atoms with Crippen molar-refractivity contribution < 1.29 is 14.5 Å². The smallest absolute Gasteiger partial charge is 0.275 e. The van der Waals surface area contributed by atoms with Gasteiger partial charge in [-0.1, -0.05) is 48.5 Å². The zero-order chi connectivity index (χ0) is 19.1. The molecule has 0 atom stereocenters. The van der Waals surface area contributed by atoms with Gasteiger partial charge in [-0.2, -0.15) is 0 Å². The number of nitrogens with one attached hydrogen (secondary N) is 3. The van der Waals surface area contributed by atoms with Crippen LogP contribution in [0, 0.1) is 6.92 Å². The van der Waals surface area contributed by atoms with Crippen molar-refractivity contribution in [3.05, 3.63) is 71.3 Å². The lowest BCUT2D eigenvalue weighted by Gasteiger charge is -2.29. The van der Waals surface area contributed by atoms with E-state index in [1.807, 2.05) is 61.5 Å². The van der Waals surface area contributed by atoms with E-state index in [1.54, 1.807) is 0 Å². The molecule has 3 rings (SSSR count). The summed E-state index contributed by atoms with van der Waals surface area (Å²) in [7, 11) is 0. The molecule has 1 heterocycles. The number of aryl methyl sites for hydroxylation is 1. The first-order valence-corrected chi connectivity index (χ1v) is 9.62. The van der Waals surface area contributed by atoms with Gasteiger partial charge in [0.25, 0.3) is 11.8 Å². The molecule has 0 bridgehead atoms. The molecule has 2 amide bonds. The third-order valence-corrected chi connectivity index (χ3v) is 5.16. The minimum atomic E-state index is 0.00199. The van der Waals surface area contributed by atoms with Crippen molar-refractivity contribution in [1.82, 2.24) is 10.6 Å². The van der Waals surface area contributed by atoms with Gasteiger partial charge in [0.2, 0.25) is 0 Å². The second-order valence-electron chi connectivity index (χ2n) is 7.25. The summed E-state index contributed by atoms with van der Waals surface area (Å²) in [6.07, 6.45) is 1.80. The van der Waals surface area contributed by atoms with Crippen molar-refractivity contribution in [2.45, 2.75) is 32.4 Å². The molecule has 1 aliphatic heterocycles.